The van der Waals surface area contributed by atoms with Gasteiger partial charge in [0.2, 0.25) is 0 Å². The topological polar surface area (TPSA) is 38.3 Å². The van der Waals surface area contributed by atoms with E-state index < -0.39 is 17.6 Å². The predicted molar refractivity (Wildman–Crippen MR) is 85.2 cm³/mol. The highest BCUT2D eigenvalue weighted by molar-refractivity contribution is 6.34. The van der Waals surface area contributed by atoms with E-state index in [0.29, 0.717) is 15.6 Å². The van der Waals surface area contributed by atoms with Crippen molar-refractivity contribution >= 4 is 29.1 Å². The van der Waals surface area contributed by atoms with Crippen molar-refractivity contribution in [3.63, 3.8) is 0 Å². The second kappa shape index (κ2) is 7.77. The molecule has 0 fully saturated rings. The van der Waals surface area contributed by atoms with Gasteiger partial charge >= 0.3 is 6.18 Å². The summed E-state index contributed by atoms with van der Waals surface area (Å²) in [5, 5.41) is 3.17. The van der Waals surface area contributed by atoms with Crippen molar-refractivity contribution in [3.05, 3.63) is 63.6 Å². The van der Waals surface area contributed by atoms with Crippen LogP contribution in [-0.4, -0.2) is 12.5 Å². The minimum Gasteiger partial charge on any atom is -0.482 e. The molecule has 0 radical (unpaired) electrons. The number of hydrogen-bond donors (Lipinski definition) is 1. The molecule has 0 saturated carbocycles. The van der Waals surface area contributed by atoms with E-state index in [1.807, 2.05) is 0 Å². The predicted octanol–water partition coefficient (Wildman–Crippen LogP) is 4.71. The molecule has 8 heteroatoms. The van der Waals surface area contributed by atoms with Crippen LogP contribution in [0.5, 0.6) is 5.75 Å². The van der Waals surface area contributed by atoms with Crippen LogP contribution >= 0.6 is 23.2 Å². The Hall–Kier alpha value is -1.92. The molecule has 0 aliphatic rings. The molecule has 0 atom stereocenters. The van der Waals surface area contributed by atoms with E-state index in [9.17, 15) is 18.0 Å². The van der Waals surface area contributed by atoms with E-state index in [1.165, 1.54) is 24.3 Å². The summed E-state index contributed by atoms with van der Waals surface area (Å²) < 4.78 is 43.1. The van der Waals surface area contributed by atoms with Crippen molar-refractivity contribution in [2.24, 2.45) is 0 Å². The highest BCUT2D eigenvalue weighted by Gasteiger charge is 2.30. The smallest absolute Gasteiger partial charge is 0.416 e. The summed E-state index contributed by atoms with van der Waals surface area (Å²) in [4.78, 5) is 11.7. The maximum Gasteiger partial charge on any atom is 0.416 e. The van der Waals surface area contributed by atoms with Gasteiger partial charge in [0.25, 0.3) is 5.91 Å². The van der Waals surface area contributed by atoms with Crippen molar-refractivity contribution in [2.45, 2.75) is 12.7 Å². The number of ether oxygens (including phenoxy) is 1. The fourth-order valence-electron chi connectivity index (χ4n) is 1.84. The first-order chi connectivity index (χ1) is 11.3. The summed E-state index contributed by atoms with van der Waals surface area (Å²) in [6, 6.07) is 9.29. The third kappa shape index (κ3) is 5.32. The monoisotopic (exact) mass is 377 g/mol. The zero-order valence-corrected chi connectivity index (χ0v) is 13.7. The Labute approximate surface area is 146 Å². The number of carbonyl (C=O) groups excluding carboxylic acids is 1. The zero-order chi connectivity index (χ0) is 17.7. The molecule has 0 aromatic heterocycles. The Morgan fingerprint density at radius 1 is 1.12 bits per heavy atom. The number of alkyl halides is 3. The highest BCUT2D eigenvalue weighted by Crippen LogP contribution is 2.29. The lowest BCUT2D eigenvalue weighted by Gasteiger charge is -2.11. The van der Waals surface area contributed by atoms with E-state index in [-0.39, 0.29) is 18.9 Å². The molecule has 0 spiro atoms. The molecular formula is C16H12Cl2F3NO2. The van der Waals surface area contributed by atoms with Crippen LogP contribution < -0.4 is 10.1 Å². The van der Waals surface area contributed by atoms with Crippen LogP contribution in [0.4, 0.5) is 13.2 Å². The molecule has 1 amide bonds. The molecule has 0 saturated heterocycles. The Morgan fingerprint density at radius 2 is 1.88 bits per heavy atom. The number of carbonyl (C=O) groups is 1. The largest absolute Gasteiger partial charge is 0.482 e. The Kier molecular flexibility index (Phi) is 5.96. The maximum absolute atomic E-state index is 12.6. The van der Waals surface area contributed by atoms with Gasteiger partial charge in [-0.15, -0.1) is 0 Å². The van der Waals surface area contributed by atoms with Gasteiger partial charge in [-0.1, -0.05) is 35.3 Å². The quantitative estimate of drug-likeness (QED) is 0.819. The zero-order valence-electron chi connectivity index (χ0n) is 12.2. The van der Waals surface area contributed by atoms with Crippen molar-refractivity contribution in [1.82, 2.24) is 5.32 Å². The number of amides is 1. The third-order valence-electron chi connectivity index (χ3n) is 3.00. The third-order valence-corrected chi connectivity index (χ3v) is 3.54. The molecule has 0 heterocycles. The van der Waals surface area contributed by atoms with Crippen LogP contribution in [0.15, 0.2) is 42.5 Å². The van der Waals surface area contributed by atoms with Gasteiger partial charge in [-0.05, 0) is 29.8 Å². The van der Waals surface area contributed by atoms with Crippen molar-refractivity contribution in [3.8, 4) is 5.75 Å². The molecule has 0 aliphatic heterocycles. The summed E-state index contributed by atoms with van der Waals surface area (Å²) in [6.07, 6.45) is -4.42. The fourth-order valence-corrected chi connectivity index (χ4v) is 2.17. The normalized spacial score (nSPS) is 11.2. The van der Waals surface area contributed by atoms with Crippen molar-refractivity contribution in [2.75, 3.05) is 6.61 Å². The average molecular weight is 378 g/mol. The average Bonchev–Trinajstić information content (AvgIpc) is 2.53. The van der Waals surface area contributed by atoms with E-state index in [1.54, 1.807) is 6.07 Å². The molecule has 0 unspecified atom stereocenters. The molecule has 2 rings (SSSR count). The second-order valence-electron chi connectivity index (χ2n) is 4.84. The van der Waals surface area contributed by atoms with Gasteiger partial charge in [0.1, 0.15) is 5.75 Å². The summed E-state index contributed by atoms with van der Waals surface area (Å²) in [5.41, 5.74) is -0.435. The van der Waals surface area contributed by atoms with Crippen LogP contribution in [0, 0.1) is 0 Å². The highest BCUT2D eigenvalue weighted by atomic mass is 35.5. The standard InChI is InChI=1S/C16H12Cl2F3NO2/c17-12-4-5-13(18)14(7-12)24-9-15(23)22-8-10-2-1-3-11(6-10)16(19,20)21/h1-7H,8-9H2,(H,22,23). The lowest BCUT2D eigenvalue weighted by atomic mass is 10.1. The Balaban J connectivity index is 1.88. The maximum atomic E-state index is 12.6. The van der Waals surface area contributed by atoms with Gasteiger partial charge in [0.15, 0.2) is 6.61 Å². The van der Waals surface area contributed by atoms with Crippen LogP contribution in [0.2, 0.25) is 10.0 Å². The Morgan fingerprint density at radius 3 is 2.58 bits per heavy atom. The summed E-state index contributed by atoms with van der Waals surface area (Å²) in [7, 11) is 0. The molecule has 1 N–H and O–H groups in total. The van der Waals surface area contributed by atoms with Gasteiger partial charge in [-0.2, -0.15) is 13.2 Å². The molecule has 2 aromatic rings. The molecule has 0 bridgehead atoms. The van der Waals surface area contributed by atoms with E-state index in [4.69, 9.17) is 27.9 Å². The van der Waals surface area contributed by atoms with Gasteiger partial charge in [0.05, 0.1) is 10.6 Å². The van der Waals surface area contributed by atoms with Crippen molar-refractivity contribution in [1.29, 1.82) is 0 Å². The van der Waals surface area contributed by atoms with Gasteiger partial charge in [0, 0.05) is 17.6 Å². The Bertz CT molecular complexity index is 736. The SMILES string of the molecule is O=C(COc1cc(Cl)ccc1Cl)NCc1cccc(C(F)(F)F)c1. The second-order valence-corrected chi connectivity index (χ2v) is 5.68. The molecular weight excluding hydrogens is 366 g/mol. The van der Waals surface area contributed by atoms with E-state index in [0.717, 1.165) is 12.1 Å². The number of rotatable bonds is 5. The number of nitrogens with one attached hydrogen (secondary N) is 1. The van der Waals surface area contributed by atoms with Crippen LogP contribution in [-0.2, 0) is 17.5 Å². The molecule has 0 aliphatic carbocycles. The summed E-state index contributed by atoms with van der Waals surface area (Å²) >= 11 is 11.7. The van der Waals surface area contributed by atoms with Crippen LogP contribution in [0.3, 0.4) is 0 Å². The first-order valence-electron chi connectivity index (χ1n) is 6.76. The van der Waals surface area contributed by atoms with Crippen LogP contribution in [0.1, 0.15) is 11.1 Å². The molecule has 3 nitrogen and oxygen atoms in total. The molecule has 2 aromatic carbocycles. The molecule has 24 heavy (non-hydrogen) atoms. The van der Waals surface area contributed by atoms with Gasteiger partial charge < -0.3 is 10.1 Å². The van der Waals surface area contributed by atoms with Crippen molar-refractivity contribution < 1.29 is 22.7 Å². The lowest BCUT2D eigenvalue weighted by molar-refractivity contribution is -0.137. The van der Waals surface area contributed by atoms with Gasteiger partial charge in [-0.25, -0.2) is 0 Å². The first kappa shape index (κ1) is 18.4. The van der Waals surface area contributed by atoms with E-state index >= 15 is 0 Å². The summed E-state index contributed by atoms with van der Waals surface area (Å²) in [5.74, 6) is -0.248. The minimum atomic E-state index is -4.42. The fraction of sp³-hybridized carbons (Fsp3) is 0.188. The number of hydrogen-bond acceptors (Lipinski definition) is 2. The summed E-state index contributed by atoms with van der Waals surface area (Å²) in [6.45, 7) is -0.381. The van der Waals surface area contributed by atoms with Crippen LogP contribution in [0.25, 0.3) is 0 Å². The van der Waals surface area contributed by atoms with E-state index in [2.05, 4.69) is 5.32 Å². The number of halogens is 5. The first-order valence-corrected chi connectivity index (χ1v) is 7.52. The van der Waals surface area contributed by atoms with Gasteiger partial charge in [-0.3, -0.25) is 4.79 Å². The minimum absolute atomic E-state index is 0.0462. The molecule has 128 valence electrons. The number of benzene rings is 2. The lowest BCUT2D eigenvalue weighted by Crippen LogP contribution is -2.28.